The number of carbonyl (C=O) groups is 4. The average Bonchev–Trinajstić information content (AvgIpc) is 3.36. The first-order chi connectivity index (χ1) is 18.7. The van der Waals surface area contributed by atoms with Crippen LogP contribution in [0.5, 0.6) is 0 Å². The zero-order chi connectivity index (χ0) is 28.4. The molecule has 1 aliphatic rings. The van der Waals surface area contributed by atoms with Gasteiger partial charge in [0.05, 0.1) is 6.54 Å². The molecular weight excluding hydrogens is 516 g/mol. The monoisotopic (exact) mass is 556 g/mol. The standard InChI is InChI=1S/C29H40N4O5S/c1-4-19(2)25(32-28(36)23-12-13-26(34)30-23)17-33(18-27(35)31-24(29(37)38)14-15-39-3)16-21-10-7-9-20-8-5-6-11-22(20)21/h5-11,19,23-25H,4,12-18H2,1-3H3,(H,30,34)(H,31,35)(H,32,36)(H,37,38)/t19-,23-,24-,25+/m0/s1. The lowest BCUT2D eigenvalue weighted by atomic mass is 9.97. The van der Waals surface area contributed by atoms with E-state index in [1.54, 1.807) is 0 Å². The Hall–Kier alpha value is -3.11. The molecule has 0 saturated carbocycles. The van der Waals surface area contributed by atoms with Gasteiger partial charge in [0.15, 0.2) is 0 Å². The molecule has 9 nitrogen and oxygen atoms in total. The summed E-state index contributed by atoms with van der Waals surface area (Å²) in [5.74, 6) is -1.04. The number of rotatable bonds is 15. The van der Waals surface area contributed by atoms with Crippen molar-refractivity contribution in [1.29, 1.82) is 0 Å². The summed E-state index contributed by atoms with van der Waals surface area (Å²) in [5, 5.41) is 20.3. The number of fused-ring (bicyclic) bond motifs is 1. The summed E-state index contributed by atoms with van der Waals surface area (Å²) in [4.78, 5) is 51.5. The van der Waals surface area contributed by atoms with Gasteiger partial charge >= 0.3 is 5.97 Å². The predicted octanol–water partition coefficient (Wildman–Crippen LogP) is 2.77. The summed E-state index contributed by atoms with van der Waals surface area (Å²) < 4.78 is 0. The molecule has 0 unspecified atom stereocenters. The number of aliphatic carboxylic acids is 1. The molecule has 1 saturated heterocycles. The molecule has 2 aromatic rings. The molecule has 0 radical (unpaired) electrons. The summed E-state index contributed by atoms with van der Waals surface area (Å²) in [7, 11) is 0. The molecule has 4 N–H and O–H groups in total. The number of nitrogens with one attached hydrogen (secondary N) is 3. The van der Waals surface area contributed by atoms with Crippen LogP contribution in [-0.2, 0) is 25.7 Å². The van der Waals surface area contributed by atoms with Crippen molar-refractivity contribution in [3.63, 3.8) is 0 Å². The molecule has 1 heterocycles. The van der Waals surface area contributed by atoms with Crippen LogP contribution in [0.2, 0.25) is 0 Å². The molecule has 212 valence electrons. The maximum absolute atomic E-state index is 13.1. The summed E-state index contributed by atoms with van der Waals surface area (Å²) in [5.41, 5.74) is 1.04. The third-order valence-corrected chi connectivity index (χ3v) is 7.95. The van der Waals surface area contributed by atoms with Gasteiger partial charge < -0.3 is 21.1 Å². The van der Waals surface area contributed by atoms with Gasteiger partial charge in [-0.15, -0.1) is 0 Å². The number of nitrogens with zero attached hydrogens (tertiary/aromatic N) is 1. The Labute approximate surface area is 234 Å². The van der Waals surface area contributed by atoms with Crippen LogP contribution in [0.4, 0.5) is 0 Å². The minimum Gasteiger partial charge on any atom is -0.480 e. The number of hydrogen-bond acceptors (Lipinski definition) is 6. The first kappa shape index (κ1) is 30.4. The molecule has 1 fully saturated rings. The van der Waals surface area contributed by atoms with Gasteiger partial charge in [-0.1, -0.05) is 62.7 Å². The van der Waals surface area contributed by atoms with Crippen molar-refractivity contribution in [2.45, 2.75) is 64.2 Å². The van der Waals surface area contributed by atoms with Crippen LogP contribution in [0, 0.1) is 5.92 Å². The lowest BCUT2D eigenvalue weighted by Crippen LogP contribution is -2.53. The van der Waals surface area contributed by atoms with Crippen molar-refractivity contribution in [2.75, 3.05) is 25.1 Å². The van der Waals surface area contributed by atoms with Crippen LogP contribution in [0.25, 0.3) is 10.8 Å². The van der Waals surface area contributed by atoms with E-state index >= 15 is 0 Å². The summed E-state index contributed by atoms with van der Waals surface area (Å²) in [6.07, 6.45) is 3.84. The summed E-state index contributed by atoms with van der Waals surface area (Å²) >= 11 is 1.53. The fraction of sp³-hybridized carbons (Fsp3) is 0.517. The number of thioether (sulfide) groups is 1. The quantitative estimate of drug-likeness (QED) is 0.266. The Kier molecular flexibility index (Phi) is 11.6. The van der Waals surface area contributed by atoms with E-state index in [4.69, 9.17) is 0 Å². The van der Waals surface area contributed by atoms with E-state index < -0.39 is 18.1 Å². The highest BCUT2D eigenvalue weighted by atomic mass is 32.2. The Bertz CT molecular complexity index is 1150. The number of benzene rings is 2. The van der Waals surface area contributed by atoms with E-state index in [-0.39, 0.29) is 36.2 Å². The number of carboxylic acids is 1. The minimum absolute atomic E-state index is 0.0186. The van der Waals surface area contributed by atoms with Crippen molar-refractivity contribution in [2.24, 2.45) is 5.92 Å². The minimum atomic E-state index is -1.05. The molecule has 2 aromatic carbocycles. The molecule has 0 bridgehead atoms. The van der Waals surface area contributed by atoms with Gasteiger partial charge in [-0.05, 0) is 47.1 Å². The van der Waals surface area contributed by atoms with Gasteiger partial charge in [0, 0.05) is 25.6 Å². The van der Waals surface area contributed by atoms with Crippen LogP contribution in [0.15, 0.2) is 42.5 Å². The molecule has 3 rings (SSSR count). The van der Waals surface area contributed by atoms with E-state index in [9.17, 15) is 24.3 Å². The van der Waals surface area contributed by atoms with Crippen molar-refractivity contribution < 1.29 is 24.3 Å². The maximum Gasteiger partial charge on any atom is 0.326 e. The van der Waals surface area contributed by atoms with Crippen LogP contribution < -0.4 is 16.0 Å². The van der Waals surface area contributed by atoms with E-state index in [1.807, 2.05) is 60.5 Å². The number of carboxylic acid groups (broad SMARTS) is 1. The van der Waals surface area contributed by atoms with Gasteiger partial charge in [-0.25, -0.2) is 4.79 Å². The Morgan fingerprint density at radius 1 is 1.15 bits per heavy atom. The van der Waals surface area contributed by atoms with Crippen molar-refractivity contribution in [3.8, 4) is 0 Å². The second-order valence-corrected chi connectivity index (χ2v) is 11.2. The highest BCUT2D eigenvalue weighted by molar-refractivity contribution is 7.98. The van der Waals surface area contributed by atoms with Gasteiger partial charge in [0.2, 0.25) is 17.7 Å². The summed E-state index contributed by atoms with van der Waals surface area (Å²) in [6, 6.07) is 12.3. The fourth-order valence-electron chi connectivity index (χ4n) is 4.82. The summed E-state index contributed by atoms with van der Waals surface area (Å²) in [6.45, 7) is 4.92. The van der Waals surface area contributed by atoms with Gasteiger partial charge in [-0.3, -0.25) is 19.3 Å². The van der Waals surface area contributed by atoms with Crippen molar-refractivity contribution in [3.05, 3.63) is 48.0 Å². The van der Waals surface area contributed by atoms with Crippen molar-refractivity contribution >= 4 is 46.2 Å². The topological polar surface area (TPSA) is 128 Å². The van der Waals surface area contributed by atoms with E-state index in [2.05, 4.69) is 22.9 Å². The van der Waals surface area contributed by atoms with Crippen LogP contribution in [-0.4, -0.2) is 76.9 Å². The largest absolute Gasteiger partial charge is 0.480 e. The van der Waals surface area contributed by atoms with Gasteiger partial charge in [-0.2, -0.15) is 11.8 Å². The van der Waals surface area contributed by atoms with Gasteiger partial charge in [0.1, 0.15) is 12.1 Å². The predicted molar refractivity (Wildman–Crippen MR) is 154 cm³/mol. The maximum atomic E-state index is 13.1. The molecule has 4 atom stereocenters. The molecule has 39 heavy (non-hydrogen) atoms. The fourth-order valence-corrected chi connectivity index (χ4v) is 5.29. The Morgan fingerprint density at radius 2 is 1.90 bits per heavy atom. The molecule has 0 aliphatic carbocycles. The number of amides is 3. The smallest absolute Gasteiger partial charge is 0.326 e. The van der Waals surface area contributed by atoms with E-state index in [0.29, 0.717) is 38.1 Å². The second-order valence-electron chi connectivity index (χ2n) is 10.2. The first-order valence-electron chi connectivity index (χ1n) is 13.5. The molecule has 0 aromatic heterocycles. The van der Waals surface area contributed by atoms with E-state index in [1.165, 1.54) is 11.8 Å². The number of hydrogen-bond donors (Lipinski definition) is 4. The normalized spacial score (nSPS) is 17.4. The molecule has 1 aliphatic heterocycles. The van der Waals surface area contributed by atoms with Crippen molar-refractivity contribution in [1.82, 2.24) is 20.9 Å². The van der Waals surface area contributed by atoms with Crippen LogP contribution >= 0.6 is 11.8 Å². The van der Waals surface area contributed by atoms with Crippen LogP contribution in [0.1, 0.15) is 45.1 Å². The number of carbonyl (C=O) groups excluding carboxylic acids is 3. The lowest BCUT2D eigenvalue weighted by Gasteiger charge is -2.32. The highest BCUT2D eigenvalue weighted by Gasteiger charge is 2.31. The third kappa shape index (κ3) is 8.96. The zero-order valence-electron chi connectivity index (χ0n) is 22.9. The molecule has 10 heteroatoms. The molecule has 3 amide bonds. The lowest BCUT2D eigenvalue weighted by molar-refractivity contribution is -0.142. The highest BCUT2D eigenvalue weighted by Crippen LogP contribution is 2.21. The zero-order valence-corrected chi connectivity index (χ0v) is 23.8. The van der Waals surface area contributed by atoms with E-state index in [0.717, 1.165) is 22.8 Å². The molecular formula is C29H40N4O5S. The SMILES string of the molecule is CC[C@H](C)[C@@H](CN(CC(=O)N[C@@H](CCSC)C(=O)O)Cc1cccc2ccccc12)NC(=O)[C@@H]1CCC(=O)N1. The Morgan fingerprint density at radius 3 is 2.56 bits per heavy atom. The third-order valence-electron chi connectivity index (χ3n) is 7.31. The van der Waals surface area contributed by atoms with Crippen LogP contribution in [0.3, 0.4) is 0 Å². The second kappa shape index (κ2) is 14.9. The average molecular weight is 557 g/mol. The Balaban J connectivity index is 1.82. The molecule has 0 spiro atoms. The first-order valence-corrected chi connectivity index (χ1v) is 14.9. The van der Waals surface area contributed by atoms with Gasteiger partial charge in [0.25, 0.3) is 0 Å².